The number of carbonyl (C=O) groups excluding carboxylic acids is 3. The number of nitrogens with zero attached hydrogens (tertiary/aromatic N) is 1. The minimum atomic E-state index is -0.465. The van der Waals surface area contributed by atoms with Gasteiger partial charge in [-0.25, -0.2) is 9.78 Å². The molecule has 9 heteroatoms. The van der Waals surface area contributed by atoms with E-state index in [0.717, 1.165) is 23.4 Å². The van der Waals surface area contributed by atoms with E-state index in [1.807, 2.05) is 30.3 Å². The third kappa shape index (κ3) is 5.26. The summed E-state index contributed by atoms with van der Waals surface area (Å²) in [6, 6.07) is 16.0. The molecule has 0 radical (unpaired) electrons. The zero-order chi connectivity index (χ0) is 21.8. The fraction of sp³-hybridized carbons (Fsp3) is 0.182. The molecule has 1 aliphatic carbocycles. The highest BCUT2D eigenvalue weighted by Crippen LogP contribution is 2.27. The maximum Gasteiger partial charge on any atom is 0.319 e. The Morgan fingerprint density at radius 2 is 1.61 bits per heavy atom. The molecule has 1 heterocycles. The largest absolute Gasteiger partial charge is 0.335 e. The molecule has 31 heavy (non-hydrogen) atoms. The smallest absolute Gasteiger partial charge is 0.319 e. The Morgan fingerprint density at radius 1 is 0.935 bits per heavy atom. The Hall–Kier alpha value is -3.72. The van der Waals surface area contributed by atoms with Gasteiger partial charge < -0.3 is 10.6 Å². The van der Waals surface area contributed by atoms with Gasteiger partial charge in [0.2, 0.25) is 0 Å². The molecule has 8 nitrogen and oxygen atoms in total. The van der Waals surface area contributed by atoms with Gasteiger partial charge in [0.05, 0.1) is 5.69 Å². The summed E-state index contributed by atoms with van der Waals surface area (Å²) in [6.07, 6.45) is 2.01. The zero-order valence-corrected chi connectivity index (χ0v) is 17.6. The van der Waals surface area contributed by atoms with Gasteiger partial charge in [-0.05, 0) is 44.0 Å². The minimum absolute atomic E-state index is 0.262. The van der Waals surface area contributed by atoms with E-state index in [0.29, 0.717) is 21.8 Å². The molecule has 3 aromatic rings. The quantitative estimate of drug-likeness (QED) is 0.460. The van der Waals surface area contributed by atoms with Crippen LogP contribution in [0.15, 0.2) is 54.6 Å². The Bertz CT molecular complexity index is 1110. The van der Waals surface area contributed by atoms with E-state index in [1.165, 1.54) is 11.3 Å². The number of thiazole rings is 1. The van der Waals surface area contributed by atoms with Crippen LogP contribution in [0, 0.1) is 6.92 Å². The van der Waals surface area contributed by atoms with Crippen LogP contribution in [-0.2, 0) is 0 Å². The number of hydrazine groups is 1. The molecular weight excluding hydrogens is 414 g/mol. The third-order valence-corrected chi connectivity index (χ3v) is 5.84. The molecule has 0 spiro atoms. The average Bonchev–Trinajstić information content (AvgIpc) is 3.50. The van der Waals surface area contributed by atoms with Crippen LogP contribution in [0.3, 0.4) is 0 Å². The standard InChI is InChI=1S/C22H21N5O3S/c1-13-18(31-21(23-13)15-5-3-2-4-6-15)20(29)27-26-19(28)14-7-9-16(10-8-14)24-22(30)25-17-11-12-17/h2-10,17H,11-12H2,1H3,(H,26,28)(H,27,29)(H2,24,25,30). The lowest BCUT2D eigenvalue weighted by Crippen LogP contribution is -2.41. The molecule has 4 amide bonds. The molecule has 1 aliphatic rings. The van der Waals surface area contributed by atoms with E-state index < -0.39 is 11.8 Å². The summed E-state index contributed by atoms with van der Waals surface area (Å²) in [5.74, 6) is -0.895. The summed E-state index contributed by atoms with van der Waals surface area (Å²) in [7, 11) is 0. The maximum absolute atomic E-state index is 12.5. The maximum atomic E-state index is 12.5. The Balaban J connectivity index is 1.32. The van der Waals surface area contributed by atoms with Crippen LogP contribution in [0.2, 0.25) is 0 Å². The van der Waals surface area contributed by atoms with Crippen LogP contribution in [0.4, 0.5) is 10.5 Å². The van der Waals surface area contributed by atoms with E-state index in [4.69, 9.17) is 0 Å². The highest BCUT2D eigenvalue weighted by molar-refractivity contribution is 7.17. The van der Waals surface area contributed by atoms with Crippen LogP contribution in [0.1, 0.15) is 38.6 Å². The van der Waals surface area contributed by atoms with Crippen molar-refractivity contribution in [1.82, 2.24) is 21.2 Å². The number of carbonyl (C=O) groups is 3. The van der Waals surface area contributed by atoms with Gasteiger partial charge in [-0.2, -0.15) is 0 Å². The number of aromatic nitrogens is 1. The second-order valence-corrected chi connectivity index (χ2v) is 8.16. The van der Waals surface area contributed by atoms with Gasteiger partial charge in [0.1, 0.15) is 9.88 Å². The van der Waals surface area contributed by atoms with Crippen molar-refractivity contribution in [2.24, 2.45) is 0 Å². The fourth-order valence-corrected chi connectivity index (χ4v) is 3.81. The normalized spacial score (nSPS) is 12.7. The van der Waals surface area contributed by atoms with Crippen molar-refractivity contribution in [3.05, 3.63) is 70.7 Å². The van der Waals surface area contributed by atoms with Crippen molar-refractivity contribution in [2.45, 2.75) is 25.8 Å². The Labute approximate surface area is 183 Å². The van der Waals surface area contributed by atoms with Gasteiger partial charge in [-0.15, -0.1) is 11.3 Å². The summed E-state index contributed by atoms with van der Waals surface area (Å²) < 4.78 is 0. The summed E-state index contributed by atoms with van der Waals surface area (Å²) in [6.45, 7) is 1.75. The van der Waals surface area contributed by atoms with E-state index in [9.17, 15) is 14.4 Å². The van der Waals surface area contributed by atoms with Crippen molar-refractivity contribution in [3.8, 4) is 10.6 Å². The molecule has 4 N–H and O–H groups in total. The van der Waals surface area contributed by atoms with Gasteiger partial charge >= 0.3 is 6.03 Å². The van der Waals surface area contributed by atoms with Gasteiger partial charge in [0.25, 0.3) is 11.8 Å². The van der Waals surface area contributed by atoms with Gasteiger partial charge in [0.15, 0.2) is 0 Å². The van der Waals surface area contributed by atoms with E-state index in [2.05, 4.69) is 26.5 Å². The lowest BCUT2D eigenvalue weighted by Gasteiger charge is -2.09. The number of nitrogens with one attached hydrogen (secondary N) is 4. The molecule has 2 aromatic carbocycles. The predicted molar refractivity (Wildman–Crippen MR) is 119 cm³/mol. The first-order valence-electron chi connectivity index (χ1n) is 9.81. The Kier molecular flexibility index (Phi) is 5.94. The van der Waals surface area contributed by atoms with E-state index in [-0.39, 0.29) is 12.1 Å². The highest BCUT2D eigenvalue weighted by atomic mass is 32.1. The number of aryl methyl sites for hydroxylation is 1. The number of rotatable bonds is 5. The molecule has 1 aromatic heterocycles. The third-order valence-electron chi connectivity index (χ3n) is 4.63. The summed E-state index contributed by atoms with van der Waals surface area (Å²) in [5.41, 5.74) is 7.28. The first kappa shape index (κ1) is 20.5. The first-order chi connectivity index (χ1) is 15.0. The summed E-state index contributed by atoms with van der Waals surface area (Å²) >= 11 is 1.26. The first-order valence-corrected chi connectivity index (χ1v) is 10.6. The van der Waals surface area contributed by atoms with Crippen LogP contribution < -0.4 is 21.5 Å². The number of benzene rings is 2. The van der Waals surface area contributed by atoms with Gasteiger partial charge in [-0.1, -0.05) is 30.3 Å². The number of hydrogen-bond donors (Lipinski definition) is 4. The van der Waals surface area contributed by atoms with Gasteiger partial charge in [-0.3, -0.25) is 20.4 Å². The number of anilines is 1. The SMILES string of the molecule is Cc1nc(-c2ccccc2)sc1C(=O)NNC(=O)c1ccc(NC(=O)NC2CC2)cc1. The minimum Gasteiger partial charge on any atom is -0.335 e. The highest BCUT2D eigenvalue weighted by Gasteiger charge is 2.23. The number of amides is 4. The topological polar surface area (TPSA) is 112 Å². The molecule has 4 rings (SSSR count). The second kappa shape index (κ2) is 8.97. The van der Waals surface area contributed by atoms with E-state index in [1.54, 1.807) is 31.2 Å². The molecule has 0 bridgehead atoms. The molecule has 1 fully saturated rings. The molecule has 158 valence electrons. The predicted octanol–water partition coefficient (Wildman–Crippen LogP) is 3.48. The summed E-state index contributed by atoms with van der Waals surface area (Å²) in [5, 5.41) is 6.28. The molecule has 0 aliphatic heterocycles. The van der Waals surface area contributed by atoms with Crippen molar-refractivity contribution >= 4 is 34.9 Å². The van der Waals surface area contributed by atoms with Crippen LogP contribution >= 0.6 is 11.3 Å². The lowest BCUT2D eigenvalue weighted by molar-refractivity contribution is 0.0848. The number of hydrogen-bond acceptors (Lipinski definition) is 5. The monoisotopic (exact) mass is 435 g/mol. The van der Waals surface area contributed by atoms with Crippen molar-refractivity contribution in [3.63, 3.8) is 0 Å². The van der Waals surface area contributed by atoms with Crippen LogP contribution in [0.5, 0.6) is 0 Å². The van der Waals surface area contributed by atoms with E-state index >= 15 is 0 Å². The molecule has 1 saturated carbocycles. The van der Waals surface area contributed by atoms with Crippen LogP contribution in [0.25, 0.3) is 10.6 Å². The number of urea groups is 1. The fourth-order valence-electron chi connectivity index (χ4n) is 2.84. The van der Waals surface area contributed by atoms with Crippen molar-refractivity contribution in [1.29, 1.82) is 0 Å². The molecule has 0 atom stereocenters. The molecular formula is C22H21N5O3S. The summed E-state index contributed by atoms with van der Waals surface area (Å²) in [4.78, 5) is 41.5. The Morgan fingerprint density at radius 3 is 2.29 bits per heavy atom. The molecule has 0 unspecified atom stereocenters. The van der Waals surface area contributed by atoms with Gasteiger partial charge in [0, 0.05) is 22.9 Å². The molecule has 0 saturated heterocycles. The van der Waals surface area contributed by atoms with Crippen LogP contribution in [-0.4, -0.2) is 28.9 Å². The second-order valence-electron chi connectivity index (χ2n) is 7.16. The van der Waals surface area contributed by atoms with Crippen molar-refractivity contribution in [2.75, 3.05) is 5.32 Å². The average molecular weight is 436 g/mol. The lowest BCUT2D eigenvalue weighted by atomic mass is 10.2. The van der Waals surface area contributed by atoms with Crippen molar-refractivity contribution < 1.29 is 14.4 Å². The zero-order valence-electron chi connectivity index (χ0n) is 16.8.